The van der Waals surface area contributed by atoms with Crippen LogP contribution in [0.15, 0.2) is 42.9 Å². The van der Waals surface area contributed by atoms with Crippen LogP contribution in [0.5, 0.6) is 0 Å². The molecule has 0 unspecified atom stereocenters. The molecule has 0 fully saturated rings. The van der Waals surface area contributed by atoms with E-state index in [1.807, 2.05) is 53.0 Å². The number of rotatable bonds is 2. The highest BCUT2D eigenvalue weighted by Gasteiger charge is 2.27. The first-order valence-corrected chi connectivity index (χ1v) is 7.87. The molecule has 0 saturated carbocycles. The predicted octanol–water partition coefficient (Wildman–Crippen LogP) is 2.79. The quantitative estimate of drug-likeness (QED) is 0.731. The van der Waals surface area contributed by atoms with Crippen molar-refractivity contribution >= 4 is 17.2 Å². The Kier molecular flexibility index (Phi) is 3.04. The Morgan fingerprint density at radius 1 is 1.23 bits per heavy atom. The fraction of sp³-hybridized carbons (Fsp3) is 0.188. The molecular weight excluding hydrogens is 296 g/mol. The van der Waals surface area contributed by atoms with Gasteiger partial charge in [0.2, 0.25) is 0 Å². The molecule has 4 rings (SSSR count). The summed E-state index contributed by atoms with van der Waals surface area (Å²) in [7, 11) is 0. The molecule has 1 aliphatic rings. The monoisotopic (exact) mass is 310 g/mol. The van der Waals surface area contributed by atoms with Crippen LogP contribution in [0.2, 0.25) is 0 Å². The summed E-state index contributed by atoms with van der Waals surface area (Å²) in [4.78, 5) is 24.2. The van der Waals surface area contributed by atoms with Crippen molar-refractivity contribution in [1.82, 2.24) is 19.4 Å². The lowest BCUT2D eigenvalue weighted by Gasteiger charge is -2.13. The molecule has 3 aromatic rings. The number of amides is 1. The number of hydrogen-bond acceptors (Lipinski definition) is 4. The molecule has 0 bridgehead atoms. The molecule has 0 saturated heterocycles. The summed E-state index contributed by atoms with van der Waals surface area (Å²) >= 11 is 1.43. The van der Waals surface area contributed by atoms with Crippen LogP contribution >= 0.6 is 11.3 Å². The fourth-order valence-electron chi connectivity index (χ4n) is 2.64. The molecule has 0 atom stereocenters. The predicted molar refractivity (Wildman–Crippen MR) is 84.0 cm³/mol. The van der Waals surface area contributed by atoms with Crippen LogP contribution in [0, 0.1) is 6.92 Å². The highest BCUT2D eigenvalue weighted by molar-refractivity contribution is 7.16. The van der Waals surface area contributed by atoms with Crippen LogP contribution in [-0.4, -0.2) is 25.3 Å². The summed E-state index contributed by atoms with van der Waals surface area (Å²) in [5.74, 6) is 0.0337. The minimum Gasteiger partial charge on any atom is -0.328 e. The summed E-state index contributed by atoms with van der Waals surface area (Å²) in [6.45, 7) is 3.08. The standard InChI is InChI=1S/C16H14N4OS/c1-11-14(22-16(18-11)19-7-2-3-8-19)15(21)20-9-12-5-4-6-17-13(12)10-20/h2-8H,9-10H2,1H3. The topological polar surface area (TPSA) is 51.0 Å². The van der Waals surface area contributed by atoms with Crippen LogP contribution in [0.3, 0.4) is 0 Å². The molecule has 1 aliphatic heterocycles. The second kappa shape index (κ2) is 5.06. The van der Waals surface area contributed by atoms with E-state index in [1.54, 1.807) is 6.20 Å². The molecule has 0 spiro atoms. The van der Waals surface area contributed by atoms with Crippen molar-refractivity contribution in [2.75, 3.05) is 0 Å². The van der Waals surface area contributed by atoms with Gasteiger partial charge in [-0.25, -0.2) is 4.98 Å². The lowest BCUT2D eigenvalue weighted by Crippen LogP contribution is -2.25. The SMILES string of the molecule is Cc1nc(-n2cccc2)sc1C(=O)N1Cc2cccnc2C1. The second-order valence-corrected chi connectivity index (χ2v) is 6.25. The van der Waals surface area contributed by atoms with Crippen LogP contribution in [-0.2, 0) is 13.1 Å². The third-order valence-electron chi connectivity index (χ3n) is 3.78. The van der Waals surface area contributed by atoms with Gasteiger partial charge in [-0.2, -0.15) is 0 Å². The second-order valence-electron chi connectivity index (χ2n) is 5.27. The summed E-state index contributed by atoms with van der Waals surface area (Å²) in [6.07, 6.45) is 5.64. The first kappa shape index (κ1) is 13.2. The van der Waals surface area contributed by atoms with Gasteiger partial charge in [0, 0.05) is 25.1 Å². The molecule has 0 aliphatic carbocycles. The number of carbonyl (C=O) groups excluding carboxylic acids is 1. The number of fused-ring (bicyclic) bond motifs is 1. The first-order chi connectivity index (χ1) is 10.7. The van der Waals surface area contributed by atoms with Gasteiger partial charge in [-0.1, -0.05) is 17.4 Å². The van der Waals surface area contributed by atoms with Crippen molar-refractivity contribution in [2.45, 2.75) is 20.0 Å². The van der Waals surface area contributed by atoms with Gasteiger partial charge in [0.15, 0.2) is 5.13 Å². The van der Waals surface area contributed by atoms with Crippen molar-refractivity contribution in [3.63, 3.8) is 0 Å². The number of nitrogens with zero attached hydrogens (tertiary/aromatic N) is 4. The third kappa shape index (κ3) is 2.12. The zero-order chi connectivity index (χ0) is 15.1. The van der Waals surface area contributed by atoms with Gasteiger partial charge < -0.3 is 9.47 Å². The van der Waals surface area contributed by atoms with E-state index >= 15 is 0 Å². The largest absolute Gasteiger partial charge is 0.328 e. The van der Waals surface area contributed by atoms with E-state index in [0.29, 0.717) is 18.0 Å². The molecule has 1 amide bonds. The van der Waals surface area contributed by atoms with Crippen molar-refractivity contribution < 1.29 is 4.79 Å². The van der Waals surface area contributed by atoms with Crippen LogP contribution < -0.4 is 0 Å². The van der Waals surface area contributed by atoms with Crippen LogP contribution in [0.1, 0.15) is 26.6 Å². The van der Waals surface area contributed by atoms with Crippen molar-refractivity contribution in [2.24, 2.45) is 0 Å². The van der Waals surface area contributed by atoms with Crippen molar-refractivity contribution in [1.29, 1.82) is 0 Å². The van der Waals surface area contributed by atoms with E-state index in [0.717, 1.165) is 22.1 Å². The Bertz CT molecular complexity index is 813. The van der Waals surface area contributed by atoms with Gasteiger partial charge in [-0.3, -0.25) is 9.78 Å². The molecule has 3 aromatic heterocycles. The summed E-state index contributed by atoms with van der Waals surface area (Å²) in [5, 5.41) is 0.820. The average Bonchev–Trinajstić information content (AvgIpc) is 3.25. The number of pyridine rings is 1. The molecule has 0 aromatic carbocycles. The van der Waals surface area contributed by atoms with Crippen molar-refractivity contribution in [3.05, 3.63) is 64.7 Å². The van der Waals surface area contributed by atoms with E-state index in [-0.39, 0.29) is 5.91 Å². The van der Waals surface area contributed by atoms with E-state index < -0.39 is 0 Å². The van der Waals surface area contributed by atoms with E-state index in [9.17, 15) is 4.79 Å². The van der Waals surface area contributed by atoms with Crippen molar-refractivity contribution in [3.8, 4) is 5.13 Å². The van der Waals surface area contributed by atoms with Gasteiger partial charge in [-0.05, 0) is 30.7 Å². The van der Waals surface area contributed by atoms with Gasteiger partial charge in [0.05, 0.1) is 17.9 Å². The molecule has 0 N–H and O–H groups in total. The molecule has 4 heterocycles. The smallest absolute Gasteiger partial charge is 0.266 e. The molecule has 6 heteroatoms. The number of aromatic nitrogens is 3. The van der Waals surface area contributed by atoms with E-state index in [4.69, 9.17) is 0 Å². The highest BCUT2D eigenvalue weighted by Crippen LogP contribution is 2.27. The maximum absolute atomic E-state index is 12.8. The van der Waals surface area contributed by atoms with E-state index in [1.165, 1.54) is 11.3 Å². The van der Waals surface area contributed by atoms with Gasteiger partial charge in [0.25, 0.3) is 5.91 Å². The summed E-state index contributed by atoms with van der Waals surface area (Å²) in [5.41, 5.74) is 2.90. The minimum absolute atomic E-state index is 0.0337. The van der Waals surface area contributed by atoms with Crippen LogP contribution in [0.4, 0.5) is 0 Å². The molecule has 5 nitrogen and oxygen atoms in total. The van der Waals surface area contributed by atoms with Gasteiger partial charge in [0.1, 0.15) is 4.88 Å². The maximum atomic E-state index is 12.8. The zero-order valence-corrected chi connectivity index (χ0v) is 12.9. The molecule has 0 radical (unpaired) electrons. The Morgan fingerprint density at radius 3 is 2.82 bits per heavy atom. The summed E-state index contributed by atoms with van der Waals surface area (Å²) < 4.78 is 1.93. The Hall–Kier alpha value is -2.47. The number of hydrogen-bond donors (Lipinski definition) is 0. The van der Waals surface area contributed by atoms with Gasteiger partial charge >= 0.3 is 0 Å². The lowest BCUT2D eigenvalue weighted by molar-refractivity contribution is 0.0754. The van der Waals surface area contributed by atoms with Crippen LogP contribution in [0.25, 0.3) is 5.13 Å². The fourth-order valence-corrected chi connectivity index (χ4v) is 3.64. The average molecular weight is 310 g/mol. The van der Waals surface area contributed by atoms with E-state index in [2.05, 4.69) is 9.97 Å². The number of aryl methyl sites for hydroxylation is 1. The lowest BCUT2D eigenvalue weighted by atomic mass is 10.2. The van der Waals surface area contributed by atoms with Gasteiger partial charge in [-0.15, -0.1) is 0 Å². The Labute approximate surface area is 131 Å². The third-order valence-corrected chi connectivity index (χ3v) is 4.94. The normalized spacial score (nSPS) is 13.4. The number of thiazole rings is 1. The highest BCUT2D eigenvalue weighted by atomic mass is 32.1. The molecule has 22 heavy (non-hydrogen) atoms. The Morgan fingerprint density at radius 2 is 2.05 bits per heavy atom. The first-order valence-electron chi connectivity index (χ1n) is 7.05. The zero-order valence-electron chi connectivity index (χ0n) is 12.1. The maximum Gasteiger partial charge on any atom is 0.266 e. The molecule has 110 valence electrons. The number of carbonyl (C=O) groups is 1. The summed E-state index contributed by atoms with van der Waals surface area (Å²) in [6, 6.07) is 7.83. The molecular formula is C16H14N4OS. The minimum atomic E-state index is 0.0337. The Balaban J connectivity index is 1.62.